The molecule has 0 fully saturated rings. The molecule has 1 heterocycles. The standard InChI is InChI=1S/C24H23IN4O4S/c1-4-21-28-29-24(34-21)27-23(30)17(14-26)11-16-12-19(25)22(20(13-16)31-3)33-9-8-32-18-7-5-6-15(2)10-18/h5-7,10-13H,4,8-9H2,1-3H3,(H,27,29,30)/b17-11-. The van der Waals surface area contributed by atoms with E-state index in [1.165, 1.54) is 24.5 Å². The molecular weight excluding hydrogens is 567 g/mol. The third-order valence-electron chi connectivity index (χ3n) is 4.51. The van der Waals surface area contributed by atoms with Gasteiger partial charge in [0.1, 0.15) is 35.6 Å². The van der Waals surface area contributed by atoms with E-state index in [2.05, 4.69) is 38.1 Å². The molecule has 3 rings (SSSR count). The maximum atomic E-state index is 12.5. The van der Waals surface area contributed by atoms with Crippen molar-refractivity contribution in [3.8, 4) is 23.3 Å². The molecule has 0 aliphatic carbocycles. The van der Waals surface area contributed by atoms with Crippen molar-refractivity contribution in [3.63, 3.8) is 0 Å². The van der Waals surface area contributed by atoms with E-state index in [9.17, 15) is 10.1 Å². The number of aromatic nitrogens is 2. The molecule has 0 aliphatic heterocycles. The number of nitriles is 1. The van der Waals surface area contributed by atoms with Gasteiger partial charge in [0, 0.05) is 0 Å². The number of benzene rings is 2. The van der Waals surface area contributed by atoms with Gasteiger partial charge in [-0.2, -0.15) is 5.26 Å². The van der Waals surface area contributed by atoms with Crippen LogP contribution in [0.1, 0.15) is 23.1 Å². The van der Waals surface area contributed by atoms with E-state index < -0.39 is 5.91 Å². The molecule has 0 aliphatic rings. The Morgan fingerprint density at radius 1 is 1.24 bits per heavy atom. The number of aryl methyl sites for hydroxylation is 2. The van der Waals surface area contributed by atoms with Gasteiger partial charge in [0.15, 0.2) is 11.5 Å². The summed E-state index contributed by atoms with van der Waals surface area (Å²) in [5.41, 5.74) is 1.69. The van der Waals surface area contributed by atoms with Crippen molar-refractivity contribution in [1.82, 2.24) is 10.2 Å². The molecule has 0 spiro atoms. The monoisotopic (exact) mass is 590 g/mol. The van der Waals surface area contributed by atoms with Crippen LogP contribution in [0.5, 0.6) is 17.2 Å². The topological polar surface area (TPSA) is 106 Å². The van der Waals surface area contributed by atoms with Crippen LogP contribution in [-0.2, 0) is 11.2 Å². The Labute approximate surface area is 215 Å². The summed E-state index contributed by atoms with van der Waals surface area (Å²) in [6, 6.07) is 13.3. The molecule has 34 heavy (non-hydrogen) atoms. The largest absolute Gasteiger partial charge is 0.493 e. The minimum absolute atomic E-state index is 0.0636. The molecule has 2 aromatic carbocycles. The maximum absolute atomic E-state index is 12.5. The highest BCUT2D eigenvalue weighted by Crippen LogP contribution is 2.34. The summed E-state index contributed by atoms with van der Waals surface area (Å²) in [5.74, 6) is 1.29. The van der Waals surface area contributed by atoms with Crippen molar-refractivity contribution in [2.24, 2.45) is 0 Å². The first-order valence-electron chi connectivity index (χ1n) is 10.4. The fourth-order valence-corrected chi connectivity index (χ4v) is 4.35. The fraction of sp³-hybridized carbons (Fsp3) is 0.250. The average molecular weight is 590 g/mol. The minimum atomic E-state index is -0.552. The fourth-order valence-electron chi connectivity index (χ4n) is 2.90. The SMILES string of the molecule is CCc1nnc(NC(=O)/C(C#N)=C\c2cc(I)c(OCCOc3cccc(C)c3)c(OC)c2)s1. The van der Waals surface area contributed by atoms with Crippen molar-refractivity contribution in [2.75, 3.05) is 25.6 Å². The maximum Gasteiger partial charge on any atom is 0.268 e. The summed E-state index contributed by atoms with van der Waals surface area (Å²) in [6.45, 7) is 4.65. The second-order valence-electron chi connectivity index (χ2n) is 7.03. The molecule has 1 amide bonds. The molecule has 8 nitrogen and oxygen atoms in total. The summed E-state index contributed by atoms with van der Waals surface area (Å²) < 4.78 is 17.9. The molecule has 0 unspecified atom stereocenters. The van der Waals surface area contributed by atoms with E-state index in [-0.39, 0.29) is 5.57 Å². The summed E-state index contributed by atoms with van der Waals surface area (Å²) in [4.78, 5) is 12.5. The highest BCUT2D eigenvalue weighted by atomic mass is 127. The normalized spacial score (nSPS) is 11.0. The lowest BCUT2D eigenvalue weighted by molar-refractivity contribution is -0.112. The summed E-state index contributed by atoms with van der Waals surface area (Å²) >= 11 is 3.40. The second-order valence-corrected chi connectivity index (χ2v) is 9.25. The average Bonchev–Trinajstić information content (AvgIpc) is 3.28. The van der Waals surface area contributed by atoms with Gasteiger partial charge in [-0.15, -0.1) is 10.2 Å². The number of nitrogens with zero attached hydrogens (tertiary/aromatic N) is 3. The van der Waals surface area contributed by atoms with Crippen LogP contribution < -0.4 is 19.5 Å². The number of anilines is 1. The van der Waals surface area contributed by atoms with Gasteiger partial charge in [0.2, 0.25) is 5.13 Å². The lowest BCUT2D eigenvalue weighted by Gasteiger charge is -2.14. The predicted octanol–water partition coefficient (Wildman–Crippen LogP) is 5.03. The molecule has 1 N–H and O–H groups in total. The summed E-state index contributed by atoms with van der Waals surface area (Å²) in [5, 5.41) is 21.2. The smallest absolute Gasteiger partial charge is 0.268 e. The van der Waals surface area contributed by atoms with E-state index in [0.29, 0.717) is 35.4 Å². The van der Waals surface area contributed by atoms with Crippen LogP contribution in [0, 0.1) is 21.8 Å². The van der Waals surface area contributed by atoms with Crippen LogP contribution in [0.2, 0.25) is 0 Å². The Hall–Kier alpha value is -3.17. The Bertz CT molecular complexity index is 1240. The highest BCUT2D eigenvalue weighted by Gasteiger charge is 2.15. The number of hydrogen-bond acceptors (Lipinski definition) is 8. The highest BCUT2D eigenvalue weighted by molar-refractivity contribution is 14.1. The Morgan fingerprint density at radius 2 is 2.03 bits per heavy atom. The van der Waals surface area contributed by atoms with Gasteiger partial charge < -0.3 is 14.2 Å². The lowest BCUT2D eigenvalue weighted by atomic mass is 10.1. The van der Waals surface area contributed by atoms with E-state index in [1.54, 1.807) is 6.07 Å². The zero-order valence-electron chi connectivity index (χ0n) is 18.9. The summed E-state index contributed by atoms with van der Waals surface area (Å²) in [6.07, 6.45) is 2.21. The molecule has 176 valence electrons. The van der Waals surface area contributed by atoms with E-state index in [0.717, 1.165) is 26.3 Å². The van der Waals surface area contributed by atoms with Crippen LogP contribution in [0.3, 0.4) is 0 Å². The van der Waals surface area contributed by atoms with Crippen molar-refractivity contribution in [3.05, 3.63) is 61.7 Å². The van der Waals surface area contributed by atoms with Gasteiger partial charge in [-0.25, -0.2) is 0 Å². The molecule has 1 aromatic heterocycles. The van der Waals surface area contributed by atoms with Crippen LogP contribution in [0.4, 0.5) is 5.13 Å². The van der Waals surface area contributed by atoms with Gasteiger partial charge in [-0.1, -0.05) is 30.4 Å². The van der Waals surface area contributed by atoms with Gasteiger partial charge in [-0.05, 0) is 77.4 Å². The minimum Gasteiger partial charge on any atom is -0.493 e. The molecule has 0 saturated carbocycles. The Kier molecular flexibility index (Phi) is 9.24. The van der Waals surface area contributed by atoms with Crippen molar-refractivity contribution < 1.29 is 19.0 Å². The number of rotatable bonds is 10. The Balaban J connectivity index is 1.68. The number of carbonyl (C=O) groups is 1. The third kappa shape index (κ3) is 6.91. The van der Waals surface area contributed by atoms with E-state index in [1.807, 2.05) is 50.2 Å². The zero-order chi connectivity index (χ0) is 24.5. The van der Waals surface area contributed by atoms with Crippen LogP contribution in [0.25, 0.3) is 6.08 Å². The molecule has 0 atom stereocenters. The van der Waals surface area contributed by atoms with Crippen molar-refractivity contribution in [1.29, 1.82) is 5.26 Å². The van der Waals surface area contributed by atoms with Gasteiger partial charge >= 0.3 is 0 Å². The van der Waals surface area contributed by atoms with Crippen LogP contribution in [-0.4, -0.2) is 36.4 Å². The molecule has 0 saturated heterocycles. The van der Waals surface area contributed by atoms with E-state index >= 15 is 0 Å². The van der Waals surface area contributed by atoms with Gasteiger partial charge in [0.25, 0.3) is 5.91 Å². The first-order chi connectivity index (χ1) is 16.4. The lowest BCUT2D eigenvalue weighted by Crippen LogP contribution is -2.13. The Morgan fingerprint density at radius 3 is 2.71 bits per heavy atom. The number of nitrogens with one attached hydrogen (secondary N) is 1. The van der Waals surface area contributed by atoms with Crippen LogP contribution >= 0.6 is 33.9 Å². The van der Waals surface area contributed by atoms with Crippen LogP contribution in [0.15, 0.2) is 42.0 Å². The predicted molar refractivity (Wildman–Crippen MR) is 139 cm³/mol. The summed E-state index contributed by atoms with van der Waals surface area (Å²) in [7, 11) is 1.54. The number of ether oxygens (including phenoxy) is 3. The van der Waals surface area contributed by atoms with Crippen molar-refractivity contribution in [2.45, 2.75) is 20.3 Å². The first-order valence-corrected chi connectivity index (χ1v) is 12.3. The number of hydrogen-bond donors (Lipinski definition) is 1. The van der Waals surface area contributed by atoms with Gasteiger partial charge in [-0.3, -0.25) is 10.1 Å². The number of halogens is 1. The van der Waals surface area contributed by atoms with E-state index in [4.69, 9.17) is 14.2 Å². The number of carbonyl (C=O) groups excluding carboxylic acids is 1. The molecule has 3 aromatic rings. The van der Waals surface area contributed by atoms with Crippen molar-refractivity contribution >= 4 is 51.0 Å². The first kappa shape index (κ1) is 25.5. The zero-order valence-corrected chi connectivity index (χ0v) is 21.9. The number of amides is 1. The molecule has 0 radical (unpaired) electrons. The molecule has 10 heteroatoms. The van der Waals surface area contributed by atoms with Gasteiger partial charge in [0.05, 0.1) is 10.7 Å². The molecule has 0 bridgehead atoms. The molecular formula is C24H23IN4O4S. The second kappa shape index (κ2) is 12.3. The third-order valence-corrected chi connectivity index (χ3v) is 6.29. The number of methoxy groups -OCH3 is 1. The quantitative estimate of drug-likeness (QED) is 0.153.